The van der Waals surface area contributed by atoms with E-state index >= 15 is 0 Å². The van der Waals surface area contributed by atoms with Gasteiger partial charge >= 0.3 is 57.4 Å². The molecule has 0 spiro atoms. The van der Waals surface area contributed by atoms with Crippen molar-refractivity contribution in [1.29, 1.82) is 0 Å². The molecule has 1 amide bonds. The van der Waals surface area contributed by atoms with Crippen LogP contribution in [0.3, 0.4) is 0 Å². The van der Waals surface area contributed by atoms with Gasteiger partial charge in [-0.3, -0.25) is 9.59 Å². The zero-order valence-corrected chi connectivity index (χ0v) is 5.41. The van der Waals surface area contributed by atoms with E-state index in [1.807, 2.05) is 0 Å². The second-order valence-corrected chi connectivity index (χ2v) is 1.95. The Labute approximate surface area is 107 Å². The predicted molar refractivity (Wildman–Crippen MR) is 41.2 cm³/mol. The van der Waals surface area contributed by atoms with Gasteiger partial charge in [-0.25, -0.2) is 0 Å². The molecule has 5 nitrogen and oxygen atoms in total. The molecule has 6 heteroatoms. The molecule has 5 N–H and O–H groups in total. The fourth-order valence-electron chi connectivity index (χ4n) is 0.421. The summed E-state index contributed by atoms with van der Waals surface area (Å²) < 4.78 is 0. The number of hydrogen-bond donors (Lipinski definition) is 3. The summed E-state index contributed by atoms with van der Waals surface area (Å²) in [6.07, 6.45) is 0.123. The van der Waals surface area contributed by atoms with E-state index in [2.05, 4.69) is 0 Å². The van der Waals surface area contributed by atoms with Crippen LogP contribution in [0.2, 0.25) is 0 Å². The van der Waals surface area contributed by atoms with Crippen molar-refractivity contribution >= 4 is 63.3 Å². The van der Waals surface area contributed by atoms with Crippen molar-refractivity contribution in [2.75, 3.05) is 0 Å². The number of carboxylic acid groups (broad SMARTS) is 1. The zero-order valence-electron chi connectivity index (χ0n) is 5.41. The van der Waals surface area contributed by atoms with Crippen molar-refractivity contribution in [2.24, 2.45) is 11.5 Å². The molecule has 0 fully saturated rings. The Hall–Kier alpha value is 0.536. The molecule has 1 atom stereocenters. The van der Waals surface area contributed by atoms with Crippen molar-refractivity contribution in [3.63, 3.8) is 0 Å². The second-order valence-electron chi connectivity index (χ2n) is 1.95. The van der Waals surface area contributed by atoms with Crippen LogP contribution in [-0.2, 0) is 9.59 Å². The predicted octanol–water partition coefficient (Wildman–Crippen LogP) is -1.98. The number of aliphatic carboxylic acids is 1. The van der Waals surface area contributed by atoms with Crippen LogP contribution in [0.5, 0.6) is 0 Å². The van der Waals surface area contributed by atoms with Crippen LogP contribution >= 0.6 is 0 Å². The third kappa shape index (κ3) is 8.44. The molecule has 0 aromatic heterocycles. The number of carboxylic acids is 1. The molecule has 0 aliphatic rings. The van der Waals surface area contributed by atoms with Crippen LogP contribution < -0.4 is 11.5 Å². The van der Waals surface area contributed by atoms with Gasteiger partial charge < -0.3 is 16.6 Å². The third-order valence-electron chi connectivity index (χ3n) is 1.02. The Balaban J connectivity index is 0. The van der Waals surface area contributed by atoms with Gasteiger partial charge in [-0.1, -0.05) is 0 Å². The fourth-order valence-corrected chi connectivity index (χ4v) is 0.421. The van der Waals surface area contributed by atoms with Crippen LogP contribution in [0.1, 0.15) is 12.8 Å². The van der Waals surface area contributed by atoms with Crippen molar-refractivity contribution in [2.45, 2.75) is 18.9 Å². The molecular formula is C5H11KN2O3. The van der Waals surface area contributed by atoms with Crippen molar-refractivity contribution in [3.05, 3.63) is 0 Å². The van der Waals surface area contributed by atoms with Crippen molar-refractivity contribution in [3.8, 4) is 0 Å². The topological polar surface area (TPSA) is 106 Å². The molecule has 0 radical (unpaired) electrons. The summed E-state index contributed by atoms with van der Waals surface area (Å²) in [4.78, 5) is 20.1. The van der Waals surface area contributed by atoms with E-state index in [9.17, 15) is 9.59 Å². The SMILES string of the molecule is NC(=O)CC[C@H](N)C(=O)O.[KH]. The average Bonchev–Trinajstić information content (AvgIpc) is 1.82. The van der Waals surface area contributed by atoms with E-state index in [0.717, 1.165) is 0 Å². The normalized spacial score (nSPS) is 11.4. The molecule has 0 heterocycles. The molecule has 0 saturated heterocycles. The average molecular weight is 186 g/mol. The first kappa shape index (κ1) is 14.1. The Morgan fingerprint density at radius 2 is 1.91 bits per heavy atom. The molecule has 0 rings (SSSR count). The maximum absolute atomic E-state index is 10.1. The van der Waals surface area contributed by atoms with E-state index in [1.165, 1.54) is 0 Å². The van der Waals surface area contributed by atoms with Gasteiger partial charge in [-0.15, -0.1) is 0 Å². The van der Waals surface area contributed by atoms with Gasteiger partial charge in [0.05, 0.1) is 0 Å². The Morgan fingerprint density at radius 1 is 1.45 bits per heavy atom. The molecule has 0 aromatic rings. The molecule has 0 aliphatic heterocycles. The standard InChI is InChI=1S/C5H10N2O3.K.H/c6-3(5(9)10)1-2-4(7)8;;/h3H,1-2,6H2,(H2,7,8)(H,9,10);;/t3-;;/m0../s1. The van der Waals surface area contributed by atoms with E-state index in [0.29, 0.717) is 0 Å². The number of rotatable bonds is 4. The molecule has 0 bridgehead atoms. The van der Waals surface area contributed by atoms with Gasteiger partial charge in [0.15, 0.2) is 0 Å². The van der Waals surface area contributed by atoms with E-state index < -0.39 is 17.9 Å². The first-order valence-electron chi connectivity index (χ1n) is 2.80. The van der Waals surface area contributed by atoms with Gasteiger partial charge in [-0.2, -0.15) is 0 Å². The van der Waals surface area contributed by atoms with Crippen LogP contribution in [0.15, 0.2) is 0 Å². The number of amides is 1. The second kappa shape index (κ2) is 7.20. The van der Waals surface area contributed by atoms with E-state index in [1.54, 1.807) is 0 Å². The summed E-state index contributed by atoms with van der Waals surface area (Å²) in [5.41, 5.74) is 9.81. The zero-order chi connectivity index (χ0) is 8.15. The summed E-state index contributed by atoms with van der Waals surface area (Å²) in [7, 11) is 0. The van der Waals surface area contributed by atoms with Gasteiger partial charge in [0.1, 0.15) is 6.04 Å². The van der Waals surface area contributed by atoms with Crippen molar-refractivity contribution in [1.82, 2.24) is 0 Å². The summed E-state index contributed by atoms with van der Waals surface area (Å²) in [6, 6.07) is -0.979. The third-order valence-corrected chi connectivity index (χ3v) is 1.02. The number of nitrogens with two attached hydrogens (primary N) is 2. The minimum atomic E-state index is -1.11. The molecule has 0 saturated carbocycles. The van der Waals surface area contributed by atoms with Gasteiger partial charge in [-0.05, 0) is 6.42 Å². The first-order chi connectivity index (χ1) is 4.54. The monoisotopic (exact) mass is 186 g/mol. The Morgan fingerprint density at radius 3 is 2.18 bits per heavy atom. The van der Waals surface area contributed by atoms with Crippen LogP contribution in [-0.4, -0.2) is 74.4 Å². The molecule has 0 aromatic carbocycles. The van der Waals surface area contributed by atoms with Gasteiger partial charge in [0, 0.05) is 6.42 Å². The molecule has 60 valence electrons. The Kier molecular flexibility index (Phi) is 9.22. The van der Waals surface area contributed by atoms with Crippen LogP contribution in [0.25, 0.3) is 0 Å². The van der Waals surface area contributed by atoms with E-state index in [-0.39, 0.29) is 64.2 Å². The van der Waals surface area contributed by atoms with Crippen LogP contribution in [0.4, 0.5) is 0 Å². The quantitative estimate of drug-likeness (QED) is 0.442. The van der Waals surface area contributed by atoms with Crippen LogP contribution in [0, 0.1) is 0 Å². The Bertz CT molecular complexity index is 151. The summed E-state index contributed by atoms with van der Waals surface area (Å²) in [5.74, 6) is -1.64. The first-order valence-corrected chi connectivity index (χ1v) is 2.80. The number of carbonyl (C=O) groups is 2. The summed E-state index contributed by atoms with van der Waals surface area (Å²) in [5, 5.41) is 8.22. The molecule has 11 heavy (non-hydrogen) atoms. The molecular weight excluding hydrogens is 175 g/mol. The van der Waals surface area contributed by atoms with E-state index in [4.69, 9.17) is 16.6 Å². The number of hydrogen-bond acceptors (Lipinski definition) is 3. The number of carbonyl (C=O) groups excluding carboxylic acids is 1. The minimum absolute atomic E-state index is 0. The maximum atomic E-state index is 10.1. The molecule has 0 unspecified atom stereocenters. The summed E-state index contributed by atoms with van der Waals surface area (Å²) in [6.45, 7) is 0. The molecule has 0 aliphatic carbocycles. The van der Waals surface area contributed by atoms with Crippen molar-refractivity contribution < 1.29 is 14.7 Å². The van der Waals surface area contributed by atoms with Gasteiger partial charge in [0.2, 0.25) is 5.91 Å². The van der Waals surface area contributed by atoms with Gasteiger partial charge in [0.25, 0.3) is 0 Å². The number of primary amides is 1. The summed E-state index contributed by atoms with van der Waals surface area (Å²) >= 11 is 0. The fraction of sp³-hybridized carbons (Fsp3) is 0.600.